The molecule has 0 unspecified atom stereocenters. The standard InChI is InChI=1S/C15H20N2O4/c1-19-13(18)17-14(12-4-2-3-9-16-12)5-7-15(8-6-14)20-10-11-21-15/h2-4,9H,5-8,10-11H2,1H3,(H,17,18). The minimum Gasteiger partial charge on any atom is -0.453 e. The maximum atomic E-state index is 11.7. The zero-order chi connectivity index (χ0) is 14.8. The van der Waals surface area contributed by atoms with E-state index in [1.165, 1.54) is 7.11 Å². The van der Waals surface area contributed by atoms with Crippen LogP contribution < -0.4 is 5.32 Å². The highest BCUT2D eigenvalue weighted by Crippen LogP contribution is 2.44. The first kappa shape index (κ1) is 14.3. The summed E-state index contributed by atoms with van der Waals surface area (Å²) in [6.07, 6.45) is 4.17. The van der Waals surface area contributed by atoms with Crippen LogP contribution in [0.4, 0.5) is 4.79 Å². The second-order valence-electron chi connectivity index (χ2n) is 5.52. The van der Waals surface area contributed by atoms with Crippen molar-refractivity contribution < 1.29 is 19.0 Å². The van der Waals surface area contributed by atoms with Gasteiger partial charge in [0, 0.05) is 19.0 Å². The molecule has 1 amide bonds. The minimum atomic E-state index is -0.519. The van der Waals surface area contributed by atoms with Crippen LogP contribution in [0.15, 0.2) is 24.4 Å². The number of nitrogens with one attached hydrogen (secondary N) is 1. The van der Waals surface area contributed by atoms with Gasteiger partial charge in [-0.2, -0.15) is 0 Å². The van der Waals surface area contributed by atoms with Gasteiger partial charge in [-0.25, -0.2) is 4.79 Å². The third-order valence-corrected chi connectivity index (χ3v) is 4.36. The number of carbonyl (C=O) groups excluding carboxylic acids is 1. The third-order valence-electron chi connectivity index (χ3n) is 4.36. The average Bonchev–Trinajstić information content (AvgIpc) is 2.99. The Morgan fingerprint density at radius 3 is 2.52 bits per heavy atom. The van der Waals surface area contributed by atoms with Gasteiger partial charge in [-0.3, -0.25) is 4.98 Å². The van der Waals surface area contributed by atoms with E-state index >= 15 is 0 Å². The molecule has 1 aliphatic carbocycles. The molecule has 114 valence electrons. The fourth-order valence-electron chi connectivity index (χ4n) is 3.18. The van der Waals surface area contributed by atoms with Gasteiger partial charge in [0.15, 0.2) is 5.79 Å². The van der Waals surface area contributed by atoms with Crippen molar-refractivity contribution in [3.63, 3.8) is 0 Å². The van der Waals surface area contributed by atoms with E-state index in [1.54, 1.807) is 6.20 Å². The Kier molecular flexibility index (Phi) is 3.82. The number of amides is 1. The van der Waals surface area contributed by atoms with E-state index in [9.17, 15) is 4.79 Å². The summed E-state index contributed by atoms with van der Waals surface area (Å²) in [4.78, 5) is 16.2. The fourth-order valence-corrected chi connectivity index (χ4v) is 3.18. The van der Waals surface area contributed by atoms with Gasteiger partial charge in [0.05, 0.1) is 31.6 Å². The predicted molar refractivity (Wildman–Crippen MR) is 74.6 cm³/mol. The highest BCUT2D eigenvalue weighted by atomic mass is 16.7. The highest BCUT2D eigenvalue weighted by Gasteiger charge is 2.48. The number of aromatic nitrogens is 1. The molecule has 6 heteroatoms. The Balaban J connectivity index is 1.83. The molecule has 0 aromatic carbocycles. The van der Waals surface area contributed by atoms with E-state index in [0.717, 1.165) is 18.5 Å². The number of pyridine rings is 1. The van der Waals surface area contributed by atoms with E-state index < -0.39 is 17.4 Å². The molecule has 2 fully saturated rings. The average molecular weight is 292 g/mol. The molecule has 2 aliphatic rings. The molecule has 1 aliphatic heterocycles. The maximum absolute atomic E-state index is 11.7. The lowest BCUT2D eigenvalue weighted by atomic mass is 9.76. The number of hydrogen-bond donors (Lipinski definition) is 1. The zero-order valence-electron chi connectivity index (χ0n) is 12.1. The van der Waals surface area contributed by atoms with Gasteiger partial charge in [0.1, 0.15) is 0 Å². The molecular weight excluding hydrogens is 272 g/mol. The van der Waals surface area contributed by atoms with Gasteiger partial charge in [-0.05, 0) is 25.0 Å². The molecule has 1 N–H and O–H groups in total. The summed E-state index contributed by atoms with van der Waals surface area (Å²) in [5.74, 6) is -0.476. The molecule has 1 saturated heterocycles. The predicted octanol–water partition coefficient (Wildman–Crippen LogP) is 1.95. The smallest absolute Gasteiger partial charge is 0.407 e. The van der Waals surface area contributed by atoms with Gasteiger partial charge in [0.25, 0.3) is 0 Å². The second kappa shape index (κ2) is 5.61. The molecule has 0 atom stereocenters. The number of carbonyl (C=O) groups is 1. The number of hydrogen-bond acceptors (Lipinski definition) is 5. The molecular formula is C15H20N2O4. The van der Waals surface area contributed by atoms with Crippen LogP contribution in [0.3, 0.4) is 0 Å². The van der Waals surface area contributed by atoms with E-state index in [1.807, 2.05) is 18.2 Å². The molecule has 21 heavy (non-hydrogen) atoms. The van der Waals surface area contributed by atoms with Crippen LogP contribution in [0.1, 0.15) is 31.4 Å². The molecule has 0 radical (unpaired) electrons. The number of methoxy groups -OCH3 is 1. The summed E-state index contributed by atoms with van der Waals surface area (Å²) in [7, 11) is 1.37. The summed E-state index contributed by atoms with van der Waals surface area (Å²) >= 11 is 0. The van der Waals surface area contributed by atoms with Crippen molar-refractivity contribution in [3.05, 3.63) is 30.1 Å². The second-order valence-corrected chi connectivity index (χ2v) is 5.52. The first-order valence-electron chi connectivity index (χ1n) is 7.24. The maximum Gasteiger partial charge on any atom is 0.407 e. The number of rotatable bonds is 2. The van der Waals surface area contributed by atoms with Crippen molar-refractivity contribution in [1.82, 2.24) is 10.3 Å². The van der Waals surface area contributed by atoms with Gasteiger partial charge in [-0.1, -0.05) is 6.07 Å². The lowest BCUT2D eigenvalue weighted by Gasteiger charge is -2.43. The van der Waals surface area contributed by atoms with E-state index in [4.69, 9.17) is 14.2 Å². The van der Waals surface area contributed by atoms with Crippen molar-refractivity contribution in [3.8, 4) is 0 Å². The Bertz CT molecular complexity index is 490. The van der Waals surface area contributed by atoms with Crippen molar-refractivity contribution >= 4 is 6.09 Å². The minimum absolute atomic E-state index is 0.440. The Labute approximate surface area is 123 Å². The van der Waals surface area contributed by atoms with Crippen molar-refractivity contribution in [1.29, 1.82) is 0 Å². The summed E-state index contributed by atoms with van der Waals surface area (Å²) in [5.41, 5.74) is 0.331. The molecule has 1 saturated carbocycles. The summed E-state index contributed by atoms with van der Waals surface area (Å²) < 4.78 is 16.3. The Hall–Kier alpha value is -1.66. The van der Waals surface area contributed by atoms with Crippen LogP contribution in [-0.2, 0) is 19.7 Å². The molecule has 3 rings (SSSR count). The van der Waals surface area contributed by atoms with Crippen LogP contribution in [0.2, 0.25) is 0 Å². The van der Waals surface area contributed by atoms with Crippen LogP contribution in [0.5, 0.6) is 0 Å². The summed E-state index contributed by atoms with van der Waals surface area (Å²) in [6.45, 7) is 1.28. The third kappa shape index (κ3) is 2.73. The molecule has 0 bridgehead atoms. The summed E-state index contributed by atoms with van der Waals surface area (Å²) in [6, 6.07) is 5.73. The van der Waals surface area contributed by atoms with Gasteiger partial charge in [-0.15, -0.1) is 0 Å². The number of nitrogens with zero attached hydrogens (tertiary/aromatic N) is 1. The fraction of sp³-hybridized carbons (Fsp3) is 0.600. The monoisotopic (exact) mass is 292 g/mol. The highest BCUT2D eigenvalue weighted by molar-refractivity contribution is 5.68. The SMILES string of the molecule is COC(=O)NC1(c2ccccn2)CCC2(CC1)OCCO2. The van der Waals surface area contributed by atoms with Crippen LogP contribution in [0.25, 0.3) is 0 Å². The number of ether oxygens (including phenoxy) is 3. The quantitative estimate of drug-likeness (QED) is 0.902. The normalized spacial score (nSPS) is 22.9. The van der Waals surface area contributed by atoms with Crippen LogP contribution >= 0.6 is 0 Å². The molecule has 2 heterocycles. The number of alkyl carbamates (subject to hydrolysis) is 1. The van der Waals surface area contributed by atoms with Crippen molar-refractivity contribution in [2.75, 3.05) is 20.3 Å². The van der Waals surface area contributed by atoms with E-state index in [0.29, 0.717) is 26.1 Å². The summed E-state index contributed by atoms with van der Waals surface area (Å²) in [5, 5.41) is 2.97. The first-order chi connectivity index (χ1) is 10.2. The lowest BCUT2D eigenvalue weighted by Crippen LogP contribution is -2.52. The van der Waals surface area contributed by atoms with E-state index in [2.05, 4.69) is 10.3 Å². The van der Waals surface area contributed by atoms with E-state index in [-0.39, 0.29) is 0 Å². The molecule has 6 nitrogen and oxygen atoms in total. The molecule has 1 aromatic heterocycles. The van der Waals surface area contributed by atoms with Crippen LogP contribution in [-0.4, -0.2) is 37.2 Å². The molecule has 1 aromatic rings. The lowest BCUT2D eigenvalue weighted by molar-refractivity contribution is -0.186. The van der Waals surface area contributed by atoms with Gasteiger partial charge < -0.3 is 19.5 Å². The Morgan fingerprint density at radius 2 is 1.95 bits per heavy atom. The first-order valence-corrected chi connectivity index (χ1v) is 7.24. The zero-order valence-corrected chi connectivity index (χ0v) is 12.1. The van der Waals surface area contributed by atoms with Gasteiger partial charge >= 0.3 is 6.09 Å². The van der Waals surface area contributed by atoms with Gasteiger partial charge in [0.2, 0.25) is 0 Å². The van der Waals surface area contributed by atoms with Crippen LogP contribution in [0, 0.1) is 0 Å². The largest absolute Gasteiger partial charge is 0.453 e. The van der Waals surface area contributed by atoms with Crippen molar-refractivity contribution in [2.24, 2.45) is 0 Å². The molecule has 1 spiro atoms. The topological polar surface area (TPSA) is 69.7 Å². The van der Waals surface area contributed by atoms with Crippen molar-refractivity contribution in [2.45, 2.75) is 37.0 Å². The Morgan fingerprint density at radius 1 is 1.24 bits per heavy atom.